The summed E-state index contributed by atoms with van der Waals surface area (Å²) < 4.78 is 15.5. The van der Waals surface area contributed by atoms with E-state index in [1.165, 1.54) is 25.7 Å². The summed E-state index contributed by atoms with van der Waals surface area (Å²) in [5, 5.41) is 8.75. The Hall–Kier alpha value is -1.49. The van der Waals surface area contributed by atoms with E-state index in [-0.39, 0.29) is 17.4 Å². The van der Waals surface area contributed by atoms with Crippen LogP contribution in [0, 0.1) is 5.92 Å². The molecule has 3 atom stereocenters. The van der Waals surface area contributed by atoms with Crippen molar-refractivity contribution in [2.75, 3.05) is 0 Å². The maximum Gasteiger partial charge on any atom is 0.120 e. The Morgan fingerprint density at radius 1 is 1.24 bits per heavy atom. The second kappa shape index (κ2) is 3.83. The molecule has 3 unspecified atom stereocenters. The van der Waals surface area contributed by atoms with Gasteiger partial charge in [0.25, 0.3) is 0 Å². The third-order valence-electron chi connectivity index (χ3n) is 5.92. The minimum absolute atomic E-state index is 0.0366. The van der Waals surface area contributed by atoms with Crippen LogP contribution in [0.1, 0.15) is 44.7 Å². The Balaban J connectivity index is 1.44. The van der Waals surface area contributed by atoms with Gasteiger partial charge >= 0.3 is 0 Å². The standard InChI is InChI=1S/C16H19FN4/c1-10-6-11(2-5-14(10)17)15-9-20(19-18-15)16-7-12-3-4-13(8-16)21(12)16/h2,5,9-10,12-13H,3-4,6-8H2,1H3. The van der Waals surface area contributed by atoms with Gasteiger partial charge in [-0.15, -0.1) is 5.10 Å². The van der Waals surface area contributed by atoms with Gasteiger partial charge in [0.1, 0.15) is 17.2 Å². The maximum absolute atomic E-state index is 13.4. The van der Waals surface area contributed by atoms with Crippen LogP contribution >= 0.6 is 0 Å². The van der Waals surface area contributed by atoms with Crippen LogP contribution in [0.2, 0.25) is 0 Å². The molecule has 1 aromatic rings. The van der Waals surface area contributed by atoms with Crippen LogP contribution in [0.5, 0.6) is 0 Å². The van der Waals surface area contributed by atoms with Crippen molar-refractivity contribution < 1.29 is 4.39 Å². The van der Waals surface area contributed by atoms with Crippen molar-refractivity contribution in [3.63, 3.8) is 0 Å². The van der Waals surface area contributed by atoms with Gasteiger partial charge in [0, 0.05) is 30.8 Å². The topological polar surface area (TPSA) is 34.0 Å². The van der Waals surface area contributed by atoms with Crippen LogP contribution in [0.3, 0.4) is 0 Å². The number of hydrogen-bond acceptors (Lipinski definition) is 3. The van der Waals surface area contributed by atoms with Gasteiger partial charge in [0.15, 0.2) is 0 Å². The molecule has 1 aliphatic carbocycles. The molecule has 0 spiro atoms. The van der Waals surface area contributed by atoms with E-state index in [9.17, 15) is 4.39 Å². The molecule has 5 rings (SSSR count). The lowest BCUT2D eigenvalue weighted by Crippen LogP contribution is -2.75. The quantitative estimate of drug-likeness (QED) is 0.838. The second-order valence-corrected chi connectivity index (χ2v) is 7.08. The first-order valence-corrected chi connectivity index (χ1v) is 7.95. The average molecular weight is 286 g/mol. The normalized spacial score (nSPS) is 41.0. The molecule has 1 aromatic heterocycles. The van der Waals surface area contributed by atoms with Crippen LogP contribution in [0.4, 0.5) is 4.39 Å². The SMILES string of the molecule is CC1CC(c2cn(C34CC5CCC(C3)N54)nn2)=CC=C1F. The summed E-state index contributed by atoms with van der Waals surface area (Å²) in [6, 6.07) is 1.56. The largest absolute Gasteiger partial charge is 0.273 e. The van der Waals surface area contributed by atoms with E-state index in [4.69, 9.17) is 0 Å². The molecule has 4 heterocycles. The van der Waals surface area contributed by atoms with Gasteiger partial charge in [-0.25, -0.2) is 9.07 Å². The summed E-state index contributed by atoms with van der Waals surface area (Å²) in [7, 11) is 0. The fraction of sp³-hybridized carbons (Fsp3) is 0.625. The molecule has 0 amide bonds. The van der Waals surface area contributed by atoms with Crippen LogP contribution in [-0.4, -0.2) is 32.0 Å². The van der Waals surface area contributed by atoms with Crippen molar-refractivity contribution >= 4 is 5.57 Å². The van der Waals surface area contributed by atoms with Crippen molar-refractivity contribution in [1.82, 2.24) is 19.9 Å². The minimum Gasteiger partial charge on any atom is -0.273 e. The van der Waals surface area contributed by atoms with Gasteiger partial charge in [0.05, 0.1) is 6.20 Å². The molecule has 4 nitrogen and oxygen atoms in total. The van der Waals surface area contributed by atoms with E-state index >= 15 is 0 Å². The molecule has 4 aliphatic rings. The highest BCUT2D eigenvalue weighted by Crippen LogP contribution is 2.60. The zero-order valence-corrected chi connectivity index (χ0v) is 12.2. The summed E-state index contributed by atoms with van der Waals surface area (Å²) in [5.74, 6) is -0.0847. The number of nitrogens with zero attached hydrogens (tertiary/aromatic N) is 4. The fourth-order valence-corrected chi connectivity index (χ4v) is 4.82. The highest BCUT2D eigenvalue weighted by molar-refractivity contribution is 5.65. The number of aromatic nitrogens is 3. The zero-order chi connectivity index (χ0) is 14.2. The lowest BCUT2D eigenvalue weighted by Gasteiger charge is -2.65. The number of allylic oxidation sites excluding steroid dienone is 4. The van der Waals surface area contributed by atoms with Gasteiger partial charge in [-0.1, -0.05) is 18.2 Å². The Kier molecular flexibility index (Phi) is 2.20. The van der Waals surface area contributed by atoms with Crippen molar-refractivity contribution in [1.29, 1.82) is 0 Å². The number of rotatable bonds is 2. The van der Waals surface area contributed by atoms with Crippen molar-refractivity contribution in [2.24, 2.45) is 5.92 Å². The Labute approximate surface area is 123 Å². The smallest absolute Gasteiger partial charge is 0.120 e. The first kappa shape index (κ1) is 12.1. The molecular weight excluding hydrogens is 267 g/mol. The van der Waals surface area contributed by atoms with Crippen LogP contribution in [-0.2, 0) is 5.66 Å². The van der Waals surface area contributed by atoms with Crippen molar-refractivity contribution in [3.05, 3.63) is 29.9 Å². The second-order valence-electron chi connectivity index (χ2n) is 7.08. The molecule has 0 saturated carbocycles. The van der Waals surface area contributed by atoms with E-state index in [0.29, 0.717) is 6.42 Å². The maximum atomic E-state index is 13.4. The molecule has 21 heavy (non-hydrogen) atoms. The Bertz CT molecular complexity index is 660. The van der Waals surface area contributed by atoms with Gasteiger partial charge in [0.2, 0.25) is 0 Å². The minimum atomic E-state index is -0.0481. The number of piperidine rings is 1. The van der Waals surface area contributed by atoms with Gasteiger partial charge < -0.3 is 0 Å². The average Bonchev–Trinajstić information content (AvgIpc) is 2.96. The molecule has 110 valence electrons. The summed E-state index contributed by atoms with van der Waals surface area (Å²) in [4.78, 5) is 2.63. The van der Waals surface area contributed by atoms with Gasteiger partial charge in [-0.2, -0.15) is 0 Å². The van der Waals surface area contributed by atoms with E-state index in [0.717, 1.165) is 23.4 Å². The summed E-state index contributed by atoms with van der Waals surface area (Å²) in [5.41, 5.74) is 2.13. The molecule has 3 aliphatic heterocycles. The van der Waals surface area contributed by atoms with Crippen LogP contribution in [0.15, 0.2) is 24.2 Å². The highest BCUT2D eigenvalue weighted by Gasteiger charge is 2.67. The van der Waals surface area contributed by atoms with Crippen LogP contribution in [0.25, 0.3) is 5.57 Å². The molecule has 3 saturated heterocycles. The van der Waals surface area contributed by atoms with Gasteiger partial charge in [-0.05, 0) is 30.9 Å². The molecular formula is C16H19FN4. The highest BCUT2D eigenvalue weighted by atomic mass is 19.1. The summed E-state index contributed by atoms with van der Waals surface area (Å²) in [6.45, 7) is 1.92. The Morgan fingerprint density at radius 2 is 2.00 bits per heavy atom. The predicted molar refractivity (Wildman–Crippen MR) is 76.8 cm³/mol. The Morgan fingerprint density at radius 3 is 2.71 bits per heavy atom. The molecule has 0 aromatic carbocycles. The van der Waals surface area contributed by atoms with E-state index in [2.05, 4.69) is 26.1 Å². The third kappa shape index (κ3) is 1.42. The molecule has 0 N–H and O–H groups in total. The summed E-state index contributed by atoms with van der Waals surface area (Å²) >= 11 is 0. The first-order chi connectivity index (χ1) is 10.2. The molecule has 0 radical (unpaired) electrons. The van der Waals surface area contributed by atoms with Gasteiger partial charge in [-0.3, -0.25) is 4.90 Å². The number of hydrogen-bond donors (Lipinski definition) is 0. The fourth-order valence-electron chi connectivity index (χ4n) is 4.82. The van der Waals surface area contributed by atoms with E-state index in [1.54, 1.807) is 6.08 Å². The van der Waals surface area contributed by atoms with Crippen LogP contribution < -0.4 is 0 Å². The zero-order valence-electron chi connectivity index (χ0n) is 12.2. The lowest BCUT2D eigenvalue weighted by atomic mass is 9.75. The first-order valence-electron chi connectivity index (χ1n) is 7.95. The monoisotopic (exact) mass is 286 g/mol. The third-order valence-corrected chi connectivity index (χ3v) is 5.92. The lowest BCUT2D eigenvalue weighted by molar-refractivity contribution is -0.225. The van der Waals surface area contributed by atoms with E-state index in [1.807, 2.05) is 13.0 Å². The van der Waals surface area contributed by atoms with Crippen molar-refractivity contribution in [3.8, 4) is 0 Å². The number of halogens is 1. The summed E-state index contributed by atoms with van der Waals surface area (Å²) in [6.07, 6.45) is 11.3. The molecule has 3 fully saturated rings. The molecule has 0 bridgehead atoms. The van der Waals surface area contributed by atoms with Crippen molar-refractivity contribution in [2.45, 2.75) is 56.8 Å². The van der Waals surface area contributed by atoms with E-state index < -0.39 is 0 Å². The molecule has 5 heteroatoms. The predicted octanol–water partition coefficient (Wildman–Crippen LogP) is 2.85.